The van der Waals surface area contributed by atoms with Gasteiger partial charge in [0.1, 0.15) is 5.56 Å². The number of hydrogen-bond acceptors (Lipinski definition) is 6. The molecule has 0 aliphatic heterocycles. The Morgan fingerprint density at radius 2 is 1.83 bits per heavy atom. The number of nitro groups is 1. The van der Waals surface area contributed by atoms with Crippen LogP contribution in [0.3, 0.4) is 0 Å². The van der Waals surface area contributed by atoms with E-state index in [4.69, 9.17) is 4.74 Å². The summed E-state index contributed by atoms with van der Waals surface area (Å²) in [5.74, 6) is -1.44. The van der Waals surface area contributed by atoms with Crippen LogP contribution in [0.2, 0.25) is 0 Å². The van der Waals surface area contributed by atoms with Gasteiger partial charge in [-0.2, -0.15) is 0 Å². The number of carbonyl (C=O) groups is 2. The molecule has 0 radical (unpaired) electrons. The van der Waals surface area contributed by atoms with Gasteiger partial charge in [-0.15, -0.1) is 0 Å². The van der Waals surface area contributed by atoms with E-state index >= 15 is 0 Å². The van der Waals surface area contributed by atoms with Gasteiger partial charge in [0.25, 0.3) is 11.6 Å². The number of nitrogens with one attached hydrogen (secondary N) is 1. The molecule has 0 fully saturated rings. The zero-order valence-electron chi connectivity index (χ0n) is 17.0. The Kier molecular flexibility index (Phi) is 7.30. The summed E-state index contributed by atoms with van der Waals surface area (Å²) >= 11 is 0. The van der Waals surface area contributed by atoms with Crippen molar-refractivity contribution >= 4 is 28.9 Å². The maximum atomic E-state index is 12.3. The number of hydrogen-bond donors (Lipinski definition) is 1. The predicted octanol–water partition coefficient (Wildman–Crippen LogP) is 3.93. The summed E-state index contributed by atoms with van der Waals surface area (Å²) in [7, 11) is 0. The van der Waals surface area contributed by atoms with Crippen molar-refractivity contribution in [3.05, 3.63) is 63.7 Å². The monoisotopic (exact) mass is 399 g/mol. The van der Waals surface area contributed by atoms with Crippen molar-refractivity contribution < 1.29 is 19.2 Å². The Balaban J connectivity index is 1.99. The third-order valence-electron chi connectivity index (χ3n) is 4.43. The molecule has 8 heteroatoms. The summed E-state index contributed by atoms with van der Waals surface area (Å²) in [4.78, 5) is 37.0. The average molecular weight is 399 g/mol. The first kappa shape index (κ1) is 21.9. The number of rotatable bonds is 8. The number of ether oxygens (including phenoxy) is 1. The van der Waals surface area contributed by atoms with Crippen LogP contribution in [0.4, 0.5) is 17.1 Å². The van der Waals surface area contributed by atoms with Crippen molar-refractivity contribution in [1.29, 1.82) is 0 Å². The second-order valence-electron chi connectivity index (χ2n) is 6.78. The molecule has 0 heterocycles. The molecule has 0 spiro atoms. The number of aryl methyl sites for hydroxylation is 1. The van der Waals surface area contributed by atoms with Crippen LogP contribution in [0.5, 0.6) is 0 Å². The van der Waals surface area contributed by atoms with E-state index in [1.54, 1.807) is 25.1 Å². The van der Waals surface area contributed by atoms with Crippen molar-refractivity contribution in [3.8, 4) is 0 Å². The molecule has 1 amide bonds. The lowest BCUT2D eigenvalue weighted by atomic mass is 10.1. The second kappa shape index (κ2) is 9.68. The number of anilines is 2. The van der Waals surface area contributed by atoms with Gasteiger partial charge in [-0.05, 0) is 57.5 Å². The fourth-order valence-electron chi connectivity index (χ4n) is 3.05. The van der Waals surface area contributed by atoms with Gasteiger partial charge in [-0.25, -0.2) is 4.79 Å². The molecule has 2 rings (SSSR count). The molecule has 2 aromatic rings. The smallest absolute Gasteiger partial charge is 0.345 e. The molecule has 0 unspecified atom stereocenters. The minimum atomic E-state index is -0.907. The molecule has 29 heavy (non-hydrogen) atoms. The quantitative estimate of drug-likeness (QED) is 0.410. The molecule has 0 aliphatic carbocycles. The fraction of sp³-hybridized carbons (Fsp3) is 0.333. The molecule has 8 nitrogen and oxygen atoms in total. The standard InChI is InChI=1S/C21H25N3O5/c1-5-23(14(2)3)17-11-9-16(10-12-17)22-19(25)13-29-21(26)20-15(4)7-6-8-18(20)24(27)28/h6-12,14H,5,13H2,1-4H3,(H,22,25). The predicted molar refractivity (Wildman–Crippen MR) is 111 cm³/mol. The van der Waals surface area contributed by atoms with Crippen molar-refractivity contribution in [1.82, 2.24) is 0 Å². The van der Waals surface area contributed by atoms with Crippen LogP contribution in [0.1, 0.15) is 36.7 Å². The minimum Gasteiger partial charge on any atom is -0.452 e. The third kappa shape index (κ3) is 5.54. The number of amides is 1. The first-order valence-electron chi connectivity index (χ1n) is 9.32. The van der Waals surface area contributed by atoms with Gasteiger partial charge in [0.2, 0.25) is 0 Å². The highest BCUT2D eigenvalue weighted by Gasteiger charge is 2.24. The molecule has 0 aromatic heterocycles. The number of esters is 1. The van der Waals surface area contributed by atoms with E-state index in [1.807, 2.05) is 12.1 Å². The highest BCUT2D eigenvalue weighted by atomic mass is 16.6. The molecule has 1 N–H and O–H groups in total. The van der Waals surface area contributed by atoms with Crippen molar-refractivity contribution in [3.63, 3.8) is 0 Å². The summed E-state index contributed by atoms with van der Waals surface area (Å²) in [6.07, 6.45) is 0. The Morgan fingerprint density at radius 3 is 2.38 bits per heavy atom. The van der Waals surface area contributed by atoms with Crippen LogP contribution in [-0.2, 0) is 9.53 Å². The van der Waals surface area contributed by atoms with Gasteiger partial charge in [0.15, 0.2) is 6.61 Å². The average Bonchev–Trinajstić information content (AvgIpc) is 2.67. The van der Waals surface area contributed by atoms with E-state index in [0.717, 1.165) is 12.2 Å². The third-order valence-corrected chi connectivity index (χ3v) is 4.43. The largest absolute Gasteiger partial charge is 0.452 e. The molecule has 2 aromatic carbocycles. The summed E-state index contributed by atoms with van der Waals surface area (Å²) in [6.45, 7) is 8.17. The summed E-state index contributed by atoms with van der Waals surface area (Å²) in [5.41, 5.74) is 1.51. The summed E-state index contributed by atoms with van der Waals surface area (Å²) < 4.78 is 4.98. The second-order valence-corrected chi connectivity index (χ2v) is 6.78. The van der Waals surface area contributed by atoms with Crippen LogP contribution in [0.25, 0.3) is 0 Å². The Morgan fingerprint density at radius 1 is 1.17 bits per heavy atom. The molecule has 0 atom stereocenters. The van der Waals surface area contributed by atoms with E-state index in [0.29, 0.717) is 17.3 Å². The van der Waals surface area contributed by atoms with Crippen molar-refractivity contribution in [2.75, 3.05) is 23.4 Å². The van der Waals surface area contributed by atoms with E-state index in [2.05, 4.69) is 31.0 Å². The Hall–Kier alpha value is -3.42. The first-order chi connectivity index (χ1) is 13.7. The lowest BCUT2D eigenvalue weighted by Gasteiger charge is -2.27. The van der Waals surface area contributed by atoms with Gasteiger partial charge in [0.05, 0.1) is 4.92 Å². The zero-order valence-corrected chi connectivity index (χ0v) is 17.0. The summed E-state index contributed by atoms with van der Waals surface area (Å²) in [5, 5.41) is 13.8. The Bertz CT molecular complexity index is 894. The molecule has 0 saturated heterocycles. The van der Waals surface area contributed by atoms with Crippen LogP contribution in [0.15, 0.2) is 42.5 Å². The normalized spacial score (nSPS) is 10.5. The van der Waals surface area contributed by atoms with E-state index in [-0.39, 0.29) is 11.3 Å². The van der Waals surface area contributed by atoms with E-state index < -0.39 is 23.4 Å². The van der Waals surface area contributed by atoms with E-state index in [9.17, 15) is 19.7 Å². The van der Waals surface area contributed by atoms with Crippen LogP contribution < -0.4 is 10.2 Å². The molecular formula is C21H25N3O5. The van der Waals surface area contributed by atoms with Gasteiger partial charge in [-0.3, -0.25) is 14.9 Å². The van der Waals surface area contributed by atoms with Gasteiger partial charge in [-0.1, -0.05) is 12.1 Å². The number of nitro benzene ring substituents is 1. The van der Waals surface area contributed by atoms with Gasteiger partial charge >= 0.3 is 5.97 Å². The van der Waals surface area contributed by atoms with Gasteiger partial charge in [0, 0.05) is 30.0 Å². The Labute approximate surface area is 169 Å². The maximum absolute atomic E-state index is 12.3. The molecular weight excluding hydrogens is 374 g/mol. The lowest BCUT2D eigenvalue weighted by Crippen LogP contribution is -2.30. The van der Waals surface area contributed by atoms with Crippen LogP contribution in [0, 0.1) is 17.0 Å². The van der Waals surface area contributed by atoms with Crippen LogP contribution >= 0.6 is 0 Å². The number of nitrogens with zero attached hydrogens (tertiary/aromatic N) is 2. The van der Waals surface area contributed by atoms with Crippen molar-refractivity contribution in [2.45, 2.75) is 33.7 Å². The highest BCUT2D eigenvalue weighted by molar-refractivity contribution is 5.98. The molecule has 0 aliphatic rings. The highest BCUT2D eigenvalue weighted by Crippen LogP contribution is 2.23. The van der Waals surface area contributed by atoms with E-state index in [1.165, 1.54) is 12.1 Å². The fourth-order valence-corrected chi connectivity index (χ4v) is 3.05. The molecule has 0 bridgehead atoms. The zero-order chi connectivity index (χ0) is 21.6. The SMILES string of the molecule is CCN(c1ccc(NC(=O)COC(=O)c2c(C)cccc2[N+](=O)[O-])cc1)C(C)C. The first-order valence-corrected chi connectivity index (χ1v) is 9.32. The minimum absolute atomic E-state index is 0.150. The molecule has 154 valence electrons. The molecule has 0 saturated carbocycles. The van der Waals surface area contributed by atoms with Gasteiger partial charge < -0.3 is 15.0 Å². The number of benzene rings is 2. The van der Waals surface area contributed by atoms with Crippen molar-refractivity contribution in [2.24, 2.45) is 0 Å². The van der Waals surface area contributed by atoms with Crippen LogP contribution in [-0.4, -0.2) is 36.0 Å². The maximum Gasteiger partial charge on any atom is 0.345 e. The number of carbonyl (C=O) groups excluding carboxylic acids is 2. The summed E-state index contributed by atoms with van der Waals surface area (Å²) in [6, 6.07) is 12.0. The lowest BCUT2D eigenvalue weighted by molar-refractivity contribution is -0.385. The topological polar surface area (TPSA) is 102 Å².